The molecule has 0 radical (unpaired) electrons. The Morgan fingerprint density at radius 3 is 2.45 bits per heavy atom. The summed E-state index contributed by atoms with van der Waals surface area (Å²) in [5.74, 6) is 0. The van der Waals surface area contributed by atoms with Gasteiger partial charge in [0.15, 0.2) is 0 Å². The average Bonchev–Trinajstić information content (AvgIpc) is 3.03. The zero-order valence-corrected chi connectivity index (χ0v) is 12.9. The predicted molar refractivity (Wildman–Crippen MR) is 84.0 cm³/mol. The molecule has 0 saturated carbocycles. The molecule has 1 aliphatic carbocycles. The van der Waals surface area contributed by atoms with Gasteiger partial charge in [-0.25, -0.2) is 4.98 Å². The van der Waals surface area contributed by atoms with Crippen molar-refractivity contribution in [1.29, 1.82) is 0 Å². The van der Waals surface area contributed by atoms with Crippen molar-refractivity contribution in [2.45, 2.75) is 31.8 Å². The Morgan fingerprint density at radius 2 is 1.95 bits per heavy atom. The monoisotopic (exact) mass is 287 g/mol. The Hall–Kier alpha value is -1.23. The van der Waals surface area contributed by atoms with E-state index in [0.717, 1.165) is 25.1 Å². The second-order valence-electron chi connectivity index (χ2n) is 5.77. The summed E-state index contributed by atoms with van der Waals surface area (Å²) >= 11 is 1.74. The Morgan fingerprint density at radius 1 is 1.30 bits per heavy atom. The fourth-order valence-corrected chi connectivity index (χ4v) is 3.93. The van der Waals surface area contributed by atoms with E-state index in [4.69, 9.17) is 5.73 Å². The number of likely N-dealkylation sites (N-methyl/N-ethyl adjacent to an activating group) is 1. The van der Waals surface area contributed by atoms with Crippen molar-refractivity contribution in [3.63, 3.8) is 0 Å². The van der Waals surface area contributed by atoms with E-state index in [2.05, 4.69) is 48.1 Å². The molecule has 2 N–H and O–H groups in total. The van der Waals surface area contributed by atoms with Crippen LogP contribution in [0.1, 0.15) is 21.7 Å². The van der Waals surface area contributed by atoms with E-state index in [1.54, 1.807) is 11.3 Å². The normalized spacial score (nSPS) is 16.6. The zero-order chi connectivity index (χ0) is 14.2. The lowest BCUT2D eigenvalue weighted by molar-refractivity contribution is 0.128. The van der Waals surface area contributed by atoms with Crippen molar-refractivity contribution in [1.82, 2.24) is 9.88 Å². The predicted octanol–water partition coefficient (Wildman–Crippen LogP) is 2.38. The van der Waals surface area contributed by atoms with E-state index < -0.39 is 0 Å². The Balaban J connectivity index is 1.83. The van der Waals surface area contributed by atoms with Crippen LogP contribution < -0.4 is 5.73 Å². The van der Waals surface area contributed by atoms with E-state index in [1.165, 1.54) is 16.0 Å². The SMILES string of the molecule is Cc1ncsc1CN(C)C1(CN)Cc2ccccc2C1. The summed E-state index contributed by atoms with van der Waals surface area (Å²) in [6.45, 7) is 3.70. The lowest BCUT2D eigenvalue weighted by Crippen LogP contribution is -2.52. The molecular weight excluding hydrogens is 266 g/mol. The largest absolute Gasteiger partial charge is 0.329 e. The number of hydrogen-bond acceptors (Lipinski definition) is 4. The van der Waals surface area contributed by atoms with Crippen LogP contribution in [-0.2, 0) is 19.4 Å². The van der Waals surface area contributed by atoms with Crippen LogP contribution in [0.15, 0.2) is 29.8 Å². The minimum atomic E-state index is 0.0557. The molecule has 1 aromatic carbocycles. The third-order valence-corrected chi connectivity index (χ3v) is 5.49. The minimum Gasteiger partial charge on any atom is -0.329 e. The van der Waals surface area contributed by atoms with Gasteiger partial charge in [0.1, 0.15) is 0 Å². The maximum Gasteiger partial charge on any atom is 0.0798 e. The maximum absolute atomic E-state index is 6.16. The first kappa shape index (κ1) is 13.7. The molecule has 1 heterocycles. The fourth-order valence-electron chi connectivity index (χ4n) is 3.11. The Bertz CT molecular complexity index is 580. The molecule has 0 bridgehead atoms. The molecule has 106 valence electrons. The summed E-state index contributed by atoms with van der Waals surface area (Å²) in [7, 11) is 2.19. The second-order valence-corrected chi connectivity index (χ2v) is 6.71. The minimum absolute atomic E-state index is 0.0557. The molecular formula is C16H21N3S. The van der Waals surface area contributed by atoms with Crippen molar-refractivity contribution < 1.29 is 0 Å². The van der Waals surface area contributed by atoms with Gasteiger partial charge < -0.3 is 5.73 Å². The van der Waals surface area contributed by atoms with E-state index in [1.807, 2.05) is 5.51 Å². The molecule has 0 unspecified atom stereocenters. The molecule has 3 nitrogen and oxygen atoms in total. The van der Waals surface area contributed by atoms with Crippen molar-refractivity contribution in [3.8, 4) is 0 Å². The number of rotatable bonds is 4. The van der Waals surface area contributed by atoms with Gasteiger partial charge >= 0.3 is 0 Å². The van der Waals surface area contributed by atoms with Gasteiger partial charge in [0.2, 0.25) is 0 Å². The number of fused-ring (bicyclic) bond motifs is 1. The second kappa shape index (κ2) is 5.28. The van der Waals surface area contributed by atoms with Crippen LogP contribution >= 0.6 is 11.3 Å². The molecule has 20 heavy (non-hydrogen) atoms. The molecule has 2 aromatic rings. The topological polar surface area (TPSA) is 42.2 Å². The quantitative estimate of drug-likeness (QED) is 0.939. The van der Waals surface area contributed by atoms with E-state index in [-0.39, 0.29) is 5.54 Å². The number of thiazole rings is 1. The van der Waals surface area contributed by atoms with Gasteiger partial charge in [-0.05, 0) is 37.9 Å². The Kier molecular flexibility index (Phi) is 3.63. The Labute approximate surface area is 124 Å². The smallest absolute Gasteiger partial charge is 0.0798 e. The lowest BCUT2D eigenvalue weighted by Gasteiger charge is -2.37. The van der Waals surface area contributed by atoms with Crippen molar-refractivity contribution >= 4 is 11.3 Å². The van der Waals surface area contributed by atoms with Gasteiger partial charge in [-0.1, -0.05) is 24.3 Å². The van der Waals surface area contributed by atoms with Crippen LogP contribution in [0.2, 0.25) is 0 Å². The average molecular weight is 287 g/mol. The van der Waals surface area contributed by atoms with Crippen LogP contribution in [0, 0.1) is 6.92 Å². The lowest BCUT2D eigenvalue weighted by atomic mass is 9.93. The molecule has 0 aliphatic heterocycles. The number of hydrogen-bond donors (Lipinski definition) is 1. The summed E-state index contributed by atoms with van der Waals surface area (Å²) < 4.78 is 0. The van der Waals surface area contributed by atoms with Gasteiger partial charge in [0.05, 0.1) is 11.2 Å². The zero-order valence-electron chi connectivity index (χ0n) is 12.1. The highest BCUT2D eigenvalue weighted by atomic mass is 32.1. The molecule has 0 spiro atoms. The first-order chi connectivity index (χ1) is 9.64. The van der Waals surface area contributed by atoms with E-state index in [9.17, 15) is 0 Å². The molecule has 4 heteroatoms. The van der Waals surface area contributed by atoms with Crippen LogP contribution in [0.25, 0.3) is 0 Å². The third kappa shape index (κ3) is 2.28. The van der Waals surface area contributed by atoms with Gasteiger partial charge in [-0.3, -0.25) is 4.90 Å². The maximum atomic E-state index is 6.16. The highest BCUT2D eigenvalue weighted by Gasteiger charge is 2.39. The van der Waals surface area contributed by atoms with Gasteiger partial charge in [-0.2, -0.15) is 0 Å². The van der Waals surface area contributed by atoms with Crippen LogP contribution in [0.4, 0.5) is 0 Å². The molecule has 0 amide bonds. The summed E-state index contributed by atoms with van der Waals surface area (Å²) in [5, 5.41) is 0. The van der Waals surface area contributed by atoms with Crippen molar-refractivity contribution in [2.75, 3.05) is 13.6 Å². The highest BCUT2D eigenvalue weighted by molar-refractivity contribution is 7.09. The summed E-state index contributed by atoms with van der Waals surface area (Å²) in [6.07, 6.45) is 2.10. The molecule has 3 rings (SSSR count). The fraction of sp³-hybridized carbons (Fsp3) is 0.438. The number of nitrogens with two attached hydrogens (primary N) is 1. The number of benzene rings is 1. The summed E-state index contributed by atoms with van der Waals surface area (Å²) in [6, 6.07) is 8.72. The van der Waals surface area contributed by atoms with Crippen molar-refractivity contribution in [3.05, 3.63) is 51.5 Å². The number of aryl methyl sites for hydroxylation is 1. The highest BCUT2D eigenvalue weighted by Crippen LogP contribution is 2.34. The van der Waals surface area contributed by atoms with Crippen LogP contribution in [-0.4, -0.2) is 29.0 Å². The number of nitrogens with zero attached hydrogens (tertiary/aromatic N) is 2. The van der Waals surface area contributed by atoms with Crippen molar-refractivity contribution in [2.24, 2.45) is 5.73 Å². The first-order valence-electron chi connectivity index (χ1n) is 7.02. The van der Waals surface area contributed by atoms with Gasteiger partial charge in [-0.15, -0.1) is 11.3 Å². The molecule has 0 atom stereocenters. The van der Waals surface area contributed by atoms with Gasteiger partial charge in [0, 0.05) is 23.5 Å². The van der Waals surface area contributed by atoms with Gasteiger partial charge in [0.25, 0.3) is 0 Å². The van der Waals surface area contributed by atoms with E-state index >= 15 is 0 Å². The molecule has 0 fully saturated rings. The molecule has 1 aromatic heterocycles. The molecule has 1 aliphatic rings. The first-order valence-corrected chi connectivity index (χ1v) is 7.90. The number of aromatic nitrogens is 1. The summed E-state index contributed by atoms with van der Waals surface area (Å²) in [4.78, 5) is 8.11. The standard InChI is InChI=1S/C16H21N3S/c1-12-15(20-11-18-12)9-19(2)16(10-17)7-13-5-3-4-6-14(13)8-16/h3-6,11H,7-10,17H2,1-2H3. The van der Waals surface area contributed by atoms with E-state index in [0.29, 0.717) is 6.54 Å². The summed E-state index contributed by atoms with van der Waals surface area (Å²) in [5.41, 5.74) is 12.2. The third-order valence-electron chi connectivity index (χ3n) is 4.57. The van der Waals surface area contributed by atoms with Crippen LogP contribution in [0.5, 0.6) is 0 Å². The molecule has 0 saturated heterocycles. The van der Waals surface area contributed by atoms with Crippen LogP contribution in [0.3, 0.4) is 0 Å².